The molecule has 0 saturated heterocycles. The molecule has 2 aromatic carbocycles. The van der Waals surface area contributed by atoms with E-state index in [4.69, 9.17) is 0 Å². The second kappa shape index (κ2) is 8.00. The number of benzene rings is 2. The fourth-order valence-corrected chi connectivity index (χ4v) is 3.11. The highest BCUT2D eigenvalue weighted by molar-refractivity contribution is 9.10. The number of amides is 2. The van der Waals surface area contributed by atoms with Gasteiger partial charge in [0.15, 0.2) is 0 Å². The zero-order valence-electron chi connectivity index (χ0n) is 11.9. The van der Waals surface area contributed by atoms with Crippen molar-refractivity contribution in [2.24, 2.45) is 0 Å². The Hall–Kier alpha value is -1.79. The lowest BCUT2D eigenvalue weighted by Gasteiger charge is -2.07. The standard InChI is InChI=1S/C16H15BrN2O2S/c1-11(20)18-12-6-8-13(9-7-12)19-16(21)10-22-15-5-3-2-4-14(15)17/h2-9H,10H2,1H3,(H,18,20)(H,19,21). The van der Waals surface area contributed by atoms with Crippen LogP contribution in [0, 0.1) is 0 Å². The topological polar surface area (TPSA) is 58.2 Å². The molecule has 2 rings (SSSR count). The fraction of sp³-hybridized carbons (Fsp3) is 0.125. The highest BCUT2D eigenvalue weighted by atomic mass is 79.9. The molecule has 2 amide bonds. The van der Waals surface area contributed by atoms with Gasteiger partial charge in [-0.05, 0) is 52.3 Å². The third-order valence-electron chi connectivity index (χ3n) is 2.68. The predicted molar refractivity (Wildman–Crippen MR) is 94.2 cm³/mol. The van der Waals surface area contributed by atoms with E-state index in [-0.39, 0.29) is 11.8 Å². The third-order valence-corrected chi connectivity index (χ3v) is 4.71. The zero-order valence-corrected chi connectivity index (χ0v) is 14.3. The number of carbonyl (C=O) groups is 2. The van der Waals surface area contributed by atoms with Gasteiger partial charge in [-0.3, -0.25) is 9.59 Å². The van der Waals surface area contributed by atoms with Crippen LogP contribution < -0.4 is 10.6 Å². The van der Waals surface area contributed by atoms with E-state index < -0.39 is 0 Å². The van der Waals surface area contributed by atoms with Crippen molar-refractivity contribution in [3.8, 4) is 0 Å². The van der Waals surface area contributed by atoms with E-state index >= 15 is 0 Å². The van der Waals surface area contributed by atoms with Crippen molar-refractivity contribution in [3.63, 3.8) is 0 Å². The van der Waals surface area contributed by atoms with Crippen LogP contribution in [0.2, 0.25) is 0 Å². The molecule has 0 bridgehead atoms. The number of nitrogens with one attached hydrogen (secondary N) is 2. The molecule has 114 valence electrons. The van der Waals surface area contributed by atoms with Gasteiger partial charge < -0.3 is 10.6 Å². The van der Waals surface area contributed by atoms with E-state index in [1.807, 2.05) is 24.3 Å². The van der Waals surface area contributed by atoms with Gasteiger partial charge in [-0.25, -0.2) is 0 Å². The lowest BCUT2D eigenvalue weighted by molar-refractivity contribution is -0.114. The second-order valence-electron chi connectivity index (χ2n) is 4.53. The molecule has 0 atom stereocenters. The fourth-order valence-electron chi connectivity index (χ4n) is 1.74. The van der Waals surface area contributed by atoms with Gasteiger partial charge in [0.25, 0.3) is 0 Å². The number of thioether (sulfide) groups is 1. The Morgan fingerprint density at radius 1 is 1.00 bits per heavy atom. The first-order chi connectivity index (χ1) is 10.5. The Bertz CT molecular complexity index is 674. The Labute approximate surface area is 141 Å². The Balaban J connectivity index is 1.87. The summed E-state index contributed by atoms with van der Waals surface area (Å²) in [6.45, 7) is 1.45. The number of carbonyl (C=O) groups excluding carboxylic acids is 2. The van der Waals surface area contributed by atoms with Crippen LogP contribution in [0.5, 0.6) is 0 Å². The highest BCUT2D eigenvalue weighted by Gasteiger charge is 2.06. The van der Waals surface area contributed by atoms with Crippen molar-refractivity contribution >= 4 is 50.9 Å². The van der Waals surface area contributed by atoms with Crippen LogP contribution in [-0.4, -0.2) is 17.6 Å². The maximum atomic E-state index is 11.9. The number of hydrogen-bond donors (Lipinski definition) is 2. The average Bonchev–Trinajstić information content (AvgIpc) is 2.48. The van der Waals surface area contributed by atoms with Crippen molar-refractivity contribution in [3.05, 3.63) is 53.0 Å². The summed E-state index contributed by atoms with van der Waals surface area (Å²) < 4.78 is 0.979. The summed E-state index contributed by atoms with van der Waals surface area (Å²) in [6, 6.07) is 14.8. The molecule has 0 spiro atoms. The lowest BCUT2D eigenvalue weighted by Crippen LogP contribution is -2.14. The van der Waals surface area contributed by atoms with Gasteiger partial charge in [0.1, 0.15) is 0 Å². The summed E-state index contributed by atoms with van der Waals surface area (Å²) in [4.78, 5) is 23.9. The van der Waals surface area contributed by atoms with Crippen molar-refractivity contribution in [1.82, 2.24) is 0 Å². The minimum atomic E-state index is -0.123. The largest absolute Gasteiger partial charge is 0.326 e. The van der Waals surface area contributed by atoms with Crippen LogP contribution in [0.1, 0.15) is 6.92 Å². The first-order valence-electron chi connectivity index (χ1n) is 6.59. The van der Waals surface area contributed by atoms with Gasteiger partial charge in [-0.1, -0.05) is 12.1 Å². The van der Waals surface area contributed by atoms with Gasteiger partial charge in [0.05, 0.1) is 5.75 Å². The summed E-state index contributed by atoms with van der Waals surface area (Å²) in [5.74, 6) is 0.130. The van der Waals surface area contributed by atoms with Crippen molar-refractivity contribution < 1.29 is 9.59 Å². The predicted octanol–water partition coefficient (Wildman–Crippen LogP) is 4.14. The summed E-state index contributed by atoms with van der Waals surface area (Å²) in [5.41, 5.74) is 1.40. The Morgan fingerprint density at radius 2 is 1.59 bits per heavy atom. The van der Waals surface area contributed by atoms with E-state index in [0.29, 0.717) is 17.1 Å². The van der Waals surface area contributed by atoms with E-state index in [9.17, 15) is 9.59 Å². The minimum absolute atomic E-state index is 0.0759. The lowest BCUT2D eigenvalue weighted by atomic mass is 10.3. The van der Waals surface area contributed by atoms with Crippen molar-refractivity contribution in [2.45, 2.75) is 11.8 Å². The second-order valence-corrected chi connectivity index (χ2v) is 6.40. The smallest absolute Gasteiger partial charge is 0.234 e. The number of halogens is 1. The van der Waals surface area contributed by atoms with Crippen LogP contribution in [0.3, 0.4) is 0 Å². The first-order valence-corrected chi connectivity index (χ1v) is 8.37. The van der Waals surface area contributed by atoms with Crippen LogP contribution in [0.15, 0.2) is 57.9 Å². The number of hydrogen-bond acceptors (Lipinski definition) is 3. The molecule has 4 nitrogen and oxygen atoms in total. The quantitative estimate of drug-likeness (QED) is 0.768. The van der Waals surface area contributed by atoms with Gasteiger partial charge in [0.2, 0.25) is 11.8 Å². The molecular formula is C16H15BrN2O2S. The molecule has 6 heteroatoms. The van der Waals surface area contributed by atoms with E-state index in [1.165, 1.54) is 18.7 Å². The molecular weight excluding hydrogens is 364 g/mol. The van der Waals surface area contributed by atoms with E-state index in [1.54, 1.807) is 24.3 Å². The molecule has 0 aliphatic carbocycles. The molecule has 0 aliphatic rings. The molecule has 2 N–H and O–H groups in total. The first kappa shape index (κ1) is 16.6. The monoisotopic (exact) mass is 378 g/mol. The molecule has 0 heterocycles. The van der Waals surface area contributed by atoms with Crippen LogP contribution >= 0.6 is 27.7 Å². The van der Waals surface area contributed by atoms with Crippen LogP contribution in [-0.2, 0) is 9.59 Å². The Kier molecular flexibility index (Phi) is 6.03. The molecule has 0 aliphatic heterocycles. The minimum Gasteiger partial charge on any atom is -0.326 e. The van der Waals surface area contributed by atoms with E-state index in [2.05, 4.69) is 26.6 Å². The number of rotatable bonds is 5. The molecule has 22 heavy (non-hydrogen) atoms. The highest BCUT2D eigenvalue weighted by Crippen LogP contribution is 2.27. The summed E-state index contributed by atoms with van der Waals surface area (Å²) in [7, 11) is 0. The SMILES string of the molecule is CC(=O)Nc1ccc(NC(=O)CSc2ccccc2Br)cc1. The van der Waals surface area contributed by atoms with Gasteiger partial charge in [-0.15, -0.1) is 11.8 Å². The molecule has 0 unspecified atom stereocenters. The normalized spacial score (nSPS) is 10.1. The molecule has 0 saturated carbocycles. The molecule has 2 aromatic rings. The van der Waals surface area contributed by atoms with Crippen molar-refractivity contribution in [2.75, 3.05) is 16.4 Å². The van der Waals surface area contributed by atoms with Gasteiger partial charge >= 0.3 is 0 Å². The maximum Gasteiger partial charge on any atom is 0.234 e. The third kappa shape index (κ3) is 5.20. The zero-order chi connectivity index (χ0) is 15.9. The van der Waals surface area contributed by atoms with Gasteiger partial charge in [-0.2, -0.15) is 0 Å². The average molecular weight is 379 g/mol. The molecule has 0 fully saturated rings. The van der Waals surface area contributed by atoms with Gasteiger partial charge in [0, 0.05) is 27.7 Å². The maximum absolute atomic E-state index is 11.9. The molecule has 0 radical (unpaired) electrons. The Morgan fingerprint density at radius 3 is 2.18 bits per heavy atom. The summed E-state index contributed by atoms with van der Waals surface area (Å²) >= 11 is 4.92. The molecule has 0 aromatic heterocycles. The van der Waals surface area contributed by atoms with Crippen LogP contribution in [0.4, 0.5) is 11.4 Å². The summed E-state index contributed by atoms with van der Waals surface area (Å²) in [6.07, 6.45) is 0. The van der Waals surface area contributed by atoms with Crippen molar-refractivity contribution in [1.29, 1.82) is 0 Å². The van der Waals surface area contributed by atoms with E-state index in [0.717, 1.165) is 9.37 Å². The van der Waals surface area contributed by atoms with Crippen LogP contribution in [0.25, 0.3) is 0 Å². The number of anilines is 2. The summed E-state index contributed by atoms with van der Waals surface area (Å²) in [5, 5.41) is 5.50.